The third kappa shape index (κ3) is 0.587. The standard InChI is InChI=1S/C8H7N3S/c1-11-4-9-7-5(11)2-3-6-8(7)10-12-6/h2-4,10H,1H3. The van der Waals surface area contributed by atoms with Gasteiger partial charge in [-0.25, -0.2) is 4.98 Å². The molecule has 3 rings (SSSR count). The van der Waals surface area contributed by atoms with Crippen LogP contribution in [0.25, 0.3) is 21.3 Å². The molecule has 0 bridgehead atoms. The van der Waals surface area contributed by atoms with Crippen molar-refractivity contribution < 1.29 is 0 Å². The van der Waals surface area contributed by atoms with Crippen molar-refractivity contribution >= 4 is 32.8 Å². The Labute approximate surface area is 72.8 Å². The van der Waals surface area contributed by atoms with Gasteiger partial charge < -0.3 is 8.94 Å². The summed E-state index contributed by atoms with van der Waals surface area (Å²) in [6.45, 7) is 0. The monoisotopic (exact) mass is 177 g/mol. The van der Waals surface area contributed by atoms with Gasteiger partial charge in [0.2, 0.25) is 0 Å². The summed E-state index contributed by atoms with van der Waals surface area (Å²) in [6.07, 6.45) is 1.84. The van der Waals surface area contributed by atoms with Crippen molar-refractivity contribution in [1.82, 2.24) is 13.9 Å². The molecule has 0 aliphatic rings. The van der Waals surface area contributed by atoms with E-state index in [4.69, 9.17) is 0 Å². The number of hydrogen-bond donors (Lipinski definition) is 1. The van der Waals surface area contributed by atoms with Crippen molar-refractivity contribution in [2.75, 3.05) is 0 Å². The molecule has 0 unspecified atom stereocenters. The Balaban J connectivity index is 2.63. The summed E-state index contributed by atoms with van der Waals surface area (Å²) in [5, 5.41) is 0. The highest BCUT2D eigenvalue weighted by atomic mass is 32.1. The Hall–Kier alpha value is -1.29. The Morgan fingerprint density at radius 3 is 3.17 bits per heavy atom. The maximum Gasteiger partial charge on any atom is 0.114 e. The molecule has 12 heavy (non-hydrogen) atoms. The lowest BCUT2D eigenvalue weighted by Gasteiger charge is -2.01. The van der Waals surface area contributed by atoms with E-state index in [-0.39, 0.29) is 0 Å². The van der Waals surface area contributed by atoms with Crippen molar-refractivity contribution in [3.63, 3.8) is 0 Å². The van der Waals surface area contributed by atoms with E-state index in [2.05, 4.69) is 21.5 Å². The molecule has 0 atom stereocenters. The van der Waals surface area contributed by atoms with Gasteiger partial charge in [-0.3, -0.25) is 0 Å². The van der Waals surface area contributed by atoms with E-state index in [0.29, 0.717) is 0 Å². The molecule has 1 N–H and O–H groups in total. The van der Waals surface area contributed by atoms with E-state index in [9.17, 15) is 0 Å². The number of nitrogens with one attached hydrogen (secondary N) is 1. The molecule has 2 aromatic heterocycles. The number of aromatic amines is 1. The summed E-state index contributed by atoms with van der Waals surface area (Å²) in [5.41, 5.74) is 3.44. The predicted molar refractivity (Wildman–Crippen MR) is 50.4 cm³/mol. The number of nitrogens with zero attached hydrogens (tertiary/aromatic N) is 2. The average Bonchev–Trinajstić information content (AvgIpc) is 2.33. The Kier molecular flexibility index (Phi) is 0.988. The molecule has 0 amide bonds. The fourth-order valence-electron chi connectivity index (χ4n) is 1.43. The van der Waals surface area contributed by atoms with E-state index >= 15 is 0 Å². The molecular weight excluding hydrogens is 170 g/mol. The summed E-state index contributed by atoms with van der Waals surface area (Å²) in [6, 6.07) is 4.23. The first-order valence-corrected chi connectivity index (χ1v) is 4.55. The lowest BCUT2D eigenvalue weighted by atomic mass is 10.3. The molecule has 0 saturated heterocycles. The second-order valence-corrected chi connectivity index (χ2v) is 3.71. The zero-order valence-corrected chi connectivity index (χ0v) is 7.35. The highest BCUT2D eigenvalue weighted by molar-refractivity contribution is 7.15. The largest absolute Gasteiger partial charge is 0.334 e. The summed E-state index contributed by atoms with van der Waals surface area (Å²) in [5.74, 6) is 0. The molecule has 2 heterocycles. The van der Waals surface area contributed by atoms with Gasteiger partial charge in [0.25, 0.3) is 0 Å². The minimum Gasteiger partial charge on any atom is -0.334 e. The second-order valence-electron chi connectivity index (χ2n) is 2.87. The zero-order chi connectivity index (χ0) is 8.13. The number of imidazole rings is 1. The molecule has 1 aromatic carbocycles. The van der Waals surface area contributed by atoms with Gasteiger partial charge in [0, 0.05) is 7.05 Å². The quantitative estimate of drug-likeness (QED) is 0.560. The number of aryl methyl sites for hydroxylation is 1. The molecule has 0 fully saturated rings. The minimum atomic E-state index is 1.08. The first-order valence-electron chi connectivity index (χ1n) is 3.73. The lowest BCUT2D eigenvalue weighted by Crippen LogP contribution is -1.85. The Morgan fingerprint density at radius 1 is 1.50 bits per heavy atom. The Morgan fingerprint density at radius 2 is 2.42 bits per heavy atom. The number of aromatic nitrogens is 3. The van der Waals surface area contributed by atoms with Crippen LogP contribution in [0.15, 0.2) is 18.5 Å². The molecule has 0 spiro atoms. The topological polar surface area (TPSA) is 33.6 Å². The molecule has 0 saturated carbocycles. The number of H-pyrrole nitrogens is 1. The van der Waals surface area contributed by atoms with E-state index in [1.54, 1.807) is 11.5 Å². The summed E-state index contributed by atoms with van der Waals surface area (Å²) in [7, 11) is 2.01. The molecule has 3 aromatic rings. The van der Waals surface area contributed by atoms with E-state index in [1.807, 2.05) is 17.9 Å². The third-order valence-electron chi connectivity index (χ3n) is 2.12. The fourth-order valence-corrected chi connectivity index (χ4v) is 2.08. The molecule has 60 valence electrons. The van der Waals surface area contributed by atoms with Crippen LogP contribution in [0.1, 0.15) is 0 Å². The number of benzene rings is 1. The predicted octanol–water partition coefficient (Wildman–Crippen LogP) is 2.12. The number of fused-ring (bicyclic) bond motifs is 3. The summed E-state index contributed by atoms with van der Waals surface area (Å²) >= 11 is 1.66. The van der Waals surface area contributed by atoms with Crippen molar-refractivity contribution in [3.05, 3.63) is 18.5 Å². The molecular formula is C8H7N3S. The van der Waals surface area contributed by atoms with E-state index in [1.165, 1.54) is 15.7 Å². The molecule has 0 aliphatic heterocycles. The molecule has 3 nitrogen and oxygen atoms in total. The van der Waals surface area contributed by atoms with Gasteiger partial charge in [0.05, 0.1) is 22.1 Å². The van der Waals surface area contributed by atoms with Crippen LogP contribution in [0.5, 0.6) is 0 Å². The van der Waals surface area contributed by atoms with Crippen LogP contribution >= 0.6 is 11.5 Å². The van der Waals surface area contributed by atoms with Gasteiger partial charge in [-0.05, 0) is 12.1 Å². The van der Waals surface area contributed by atoms with Gasteiger partial charge in [-0.15, -0.1) is 0 Å². The summed E-state index contributed by atoms with van der Waals surface area (Å²) in [4.78, 5) is 4.32. The van der Waals surface area contributed by atoms with Gasteiger partial charge in [0.15, 0.2) is 0 Å². The number of hydrogen-bond acceptors (Lipinski definition) is 2. The van der Waals surface area contributed by atoms with Gasteiger partial charge >= 0.3 is 0 Å². The lowest BCUT2D eigenvalue weighted by molar-refractivity contribution is 0.948. The maximum absolute atomic E-state index is 4.32. The minimum absolute atomic E-state index is 1.08. The van der Waals surface area contributed by atoms with Crippen molar-refractivity contribution in [1.29, 1.82) is 0 Å². The first-order chi connectivity index (χ1) is 5.86. The van der Waals surface area contributed by atoms with Gasteiger partial charge in [0.1, 0.15) is 5.52 Å². The highest BCUT2D eigenvalue weighted by Gasteiger charge is 2.06. The molecule has 0 aliphatic carbocycles. The van der Waals surface area contributed by atoms with Crippen LogP contribution in [0.4, 0.5) is 0 Å². The van der Waals surface area contributed by atoms with Gasteiger partial charge in [-0.1, -0.05) is 11.5 Å². The van der Waals surface area contributed by atoms with Crippen molar-refractivity contribution in [2.45, 2.75) is 0 Å². The fraction of sp³-hybridized carbons (Fsp3) is 0.125. The van der Waals surface area contributed by atoms with Crippen molar-refractivity contribution in [3.8, 4) is 0 Å². The first kappa shape index (κ1) is 6.25. The van der Waals surface area contributed by atoms with Crippen LogP contribution < -0.4 is 0 Å². The molecule has 0 radical (unpaired) electrons. The normalized spacial score (nSPS) is 11.8. The average molecular weight is 177 g/mol. The number of rotatable bonds is 0. The maximum atomic E-state index is 4.32. The Bertz CT molecular complexity index is 543. The zero-order valence-electron chi connectivity index (χ0n) is 6.53. The van der Waals surface area contributed by atoms with Crippen LogP contribution in [0.3, 0.4) is 0 Å². The van der Waals surface area contributed by atoms with Crippen LogP contribution in [0.2, 0.25) is 0 Å². The van der Waals surface area contributed by atoms with Crippen LogP contribution in [-0.2, 0) is 7.05 Å². The van der Waals surface area contributed by atoms with Crippen LogP contribution in [0, 0.1) is 0 Å². The third-order valence-corrected chi connectivity index (χ3v) is 2.99. The van der Waals surface area contributed by atoms with Crippen molar-refractivity contribution in [2.24, 2.45) is 7.05 Å². The second kappa shape index (κ2) is 1.90. The molecule has 4 heteroatoms. The van der Waals surface area contributed by atoms with Gasteiger partial charge in [-0.2, -0.15) is 0 Å². The SMILES string of the molecule is Cn1cnc2c3[nH]sc3ccc21. The summed E-state index contributed by atoms with van der Waals surface area (Å²) < 4.78 is 6.51. The van der Waals surface area contributed by atoms with E-state index < -0.39 is 0 Å². The van der Waals surface area contributed by atoms with E-state index in [0.717, 1.165) is 5.52 Å². The smallest absolute Gasteiger partial charge is 0.114 e. The highest BCUT2D eigenvalue weighted by Crippen LogP contribution is 2.27. The van der Waals surface area contributed by atoms with Crippen LogP contribution in [-0.4, -0.2) is 13.9 Å².